The lowest BCUT2D eigenvalue weighted by Crippen LogP contribution is -2.36. The number of alkyl halides is 2. The Bertz CT molecular complexity index is 936. The molecule has 8 heteroatoms. The lowest BCUT2D eigenvalue weighted by atomic mass is 10.00. The predicted octanol–water partition coefficient (Wildman–Crippen LogP) is 5.12. The highest BCUT2D eigenvalue weighted by Crippen LogP contribution is 2.42. The number of anilines is 1. The van der Waals surface area contributed by atoms with E-state index in [0.29, 0.717) is 16.5 Å². The predicted molar refractivity (Wildman–Crippen MR) is 113 cm³/mol. The van der Waals surface area contributed by atoms with E-state index in [1.807, 2.05) is 24.3 Å². The molecule has 0 unspecified atom stereocenters. The summed E-state index contributed by atoms with van der Waals surface area (Å²) in [5.74, 6) is -0.0603. The van der Waals surface area contributed by atoms with Gasteiger partial charge in [-0.25, -0.2) is 8.78 Å². The molecule has 1 atom stereocenters. The van der Waals surface area contributed by atoms with Gasteiger partial charge in [0.15, 0.2) is 0 Å². The molecule has 0 radical (unpaired) electrons. The number of hydrogen-bond donors (Lipinski definition) is 3. The van der Waals surface area contributed by atoms with Crippen LogP contribution in [0.5, 0.6) is 0 Å². The van der Waals surface area contributed by atoms with Crippen LogP contribution in [0.3, 0.4) is 0 Å². The first-order valence-corrected chi connectivity index (χ1v) is 10.7. The van der Waals surface area contributed by atoms with Crippen molar-refractivity contribution in [2.45, 2.75) is 44.3 Å². The normalized spacial score (nSPS) is 16.6. The van der Waals surface area contributed by atoms with Crippen molar-refractivity contribution in [3.05, 3.63) is 62.1 Å². The number of hydrogen-bond acceptors (Lipinski definition) is 3. The minimum absolute atomic E-state index is 0.454. The van der Waals surface area contributed by atoms with Gasteiger partial charge in [-0.15, -0.1) is 0 Å². The highest BCUT2D eigenvalue weighted by atomic mass is 79.9. The van der Waals surface area contributed by atoms with E-state index in [9.17, 15) is 13.6 Å². The number of benzene rings is 2. The molecule has 0 saturated heterocycles. The molecule has 4 nitrogen and oxygen atoms in total. The number of rotatable bonds is 7. The van der Waals surface area contributed by atoms with Crippen LogP contribution in [0.4, 0.5) is 14.5 Å². The van der Waals surface area contributed by atoms with E-state index in [-0.39, 0.29) is 0 Å². The Morgan fingerprint density at radius 2 is 1.90 bits per heavy atom. The van der Waals surface area contributed by atoms with Crippen LogP contribution in [0.15, 0.2) is 34.8 Å². The van der Waals surface area contributed by atoms with Crippen LogP contribution < -0.4 is 16.0 Å². The minimum Gasteiger partial charge on any atom is -0.369 e. The molecule has 0 spiro atoms. The largest absolute Gasteiger partial charge is 0.369 e. The quantitative estimate of drug-likeness (QED) is 0.511. The molecule has 0 bridgehead atoms. The van der Waals surface area contributed by atoms with E-state index in [1.165, 1.54) is 5.56 Å². The summed E-state index contributed by atoms with van der Waals surface area (Å²) in [6, 6.07) is 8.74. The fourth-order valence-corrected chi connectivity index (χ4v) is 4.38. The maximum atomic E-state index is 12.8. The highest BCUT2D eigenvalue weighted by Gasteiger charge is 2.28. The van der Waals surface area contributed by atoms with Gasteiger partial charge in [-0.05, 0) is 81.2 Å². The second-order valence-corrected chi connectivity index (χ2v) is 8.80. The summed E-state index contributed by atoms with van der Waals surface area (Å²) in [6.45, 7) is 0.858. The Hall–Kier alpha value is -1.70. The monoisotopic (exact) mass is 483 g/mol. The smallest absolute Gasteiger partial charge is 0.255 e. The number of halogens is 4. The van der Waals surface area contributed by atoms with Gasteiger partial charge in [-0.2, -0.15) is 0 Å². The Morgan fingerprint density at radius 1 is 1.17 bits per heavy atom. The van der Waals surface area contributed by atoms with Crippen molar-refractivity contribution in [3.8, 4) is 0 Å². The zero-order valence-corrected chi connectivity index (χ0v) is 17.9. The summed E-state index contributed by atoms with van der Waals surface area (Å²) in [5, 5.41) is 9.40. The van der Waals surface area contributed by atoms with E-state index in [0.717, 1.165) is 47.2 Å². The zero-order valence-electron chi connectivity index (χ0n) is 15.6. The molecule has 154 valence electrons. The van der Waals surface area contributed by atoms with Crippen molar-refractivity contribution in [3.63, 3.8) is 0 Å². The zero-order chi connectivity index (χ0) is 20.5. The summed E-state index contributed by atoms with van der Waals surface area (Å²) in [5.41, 5.74) is 4.82. The maximum absolute atomic E-state index is 12.8. The summed E-state index contributed by atoms with van der Waals surface area (Å²) in [4.78, 5) is 12.8. The third-order valence-corrected chi connectivity index (χ3v) is 6.11. The molecule has 1 aliphatic heterocycles. The summed E-state index contributed by atoms with van der Waals surface area (Å²) in [6.07, 6.45) is -0.420. The van der Waals surface area contributed by atoms with E-state index >= 15 is 0 Å². The van der Waals surface area contributed by atoms with Crippen molar-refractivity contribution >= 4 is 39.1 Å². The van der Waals surface area contributed by atoms with Gasteiger partial charge < -0.3 is 16.0 Å². The summed E-state index contributed by atoms with van der Waals surface area (Å²) >= 11 is 9.87. The Kier molecular flexibility index (Phi) is 6.08. The van der Waals surface area contributed by atoms with Crippen molar-refractivity contribution in [2.75, 3.05) is 11.9 Å². The standard InChI is InChI=1S/C21H21BrClF2N3O/c22-17-6-14-8-26-9-15(14)7-18(17)28-20(21(29)27-10-19(24)25)13-3-12(11-1-2-11)4-16(23)5-13/h3-7,11,19-20,26,28H,1-2,8-10H2,(H,27,29)/t20-/m1/s1. The Labute approximate surface area is 181 Å². The molecule has 0 aromatic heterocycles. The van der Waals surface area contributed by atoms with Gasteiger partial charge in [0.25, 0.3) is 6.43 Å². The minimum atomic E-state index is -2.61. The summed E-state index contributed by atoms with van der Waals surface area (Å²) in [7, 11) is 0. The average molecular weight is 485 g/mol. The first-order chi connectivity index (χ1) is 13.9. The van der Waals surface area contributed by atoms with Crippen molar-refractivity contribution in [1.29, 1.82) is 0 Å². The molecular weight excluding hydrogens is 464 g/mol. The first kappa shape index (κ1) is 20.6. The molecule has 1 fully saturated rings. The van der Waals surface area contributed by atoms with Crippen molar-refractivity contribution in [2.24, 2.45) is 0 Å². The molecule has 1 amide bonds. The number of fused-ring (bicyclic) bond motifs is 1. The number of carbonyl (C=O) groups is 1. The lowest BCUT2D eigenvalue weighted by Gasteiger charge is -2.22. The third-order valence-electron chi connectivity index (χ3n) is 5.24. The molecule has 4 rings (SSSR count). The highest BCUT2D eigenvalue weighted by molar-refractivity contribution is 9.10. The van der Waals surface area contributed by atoms with Crippen LogP contribution in [0, 0.1) is 0 Å². The molecule has 3 N–H and O–H groups in total. The van der Waals surface area contributed by atoms with Gasteiger partial charge in [0.2, 0.25) is 5.91 Å². The molecule has 2 aromatic rings. The van der Waals surface area contributed by atoms with Gasteiger partial charge >= 0.3 is 0 Å². The average Bonchev–Trinajstić information content (AvgIpc) is 3.43. The number of amides is 1. The van der Waals surface area contributed by atoms with Crippen LogP contribution in [0.25, 0.3) is 0 Å². The van der Waals surface area contributed by atoms with Crippen LogP contribution in [0.1, 0.15) is 47.1 Å². The third kappa shape index (κ3) is 4.90. The number of nitrogens with one attached hydrogen (secondary N) is 3. The topological polar surface area (TPSA) is 53.2 Å². The van der Waals surface area contributed by atoms with Gasteiger partial charge in [-0.1, -0.05) is 17.7 Å². The van der Waals surface area contributed by atoms with Gasteiger partial charge in [-0.3, -0.25) is 4.79 Å². The van der Waals surface area contributed by atoms with Crippen molar-refractivity contribution in [1.82, 2.24) is 10.6 Å². The van der Waals surface area contributed by atoms with E-state index in [1.54, 1.807) is 6.07 Å². The second-order valence-electron chi connectivity index (χ2n) is 7.51. The summed E-state index contributed by atoms with van der Waals surface area (Å²) < 4.78 is 26.2. The van der Waals surface area contributed by atoms with Crippen LogP contribution >= 0.6 is 27.5 Å². The van der Waals surface area contributed by atoms with Gasteiger partial charge in [0.05, 0.1) is 6.54 Å². The Balaban J connectivity index is 1.66. The van der Waals surface area contributed by atoms with E-state index < -0.39 is 24.9 Å². The van der Waals surface area contributed by atoms with Gasteiger partial charge in [0, 0.05) is 28.3 Å². The van der Waals surface area contributed by atoms with Crippen molar-refractivity contribution < 1.29 is 13.6 Å². The first-order valence-electron chi connectivity index (χ1n) is 9.55. The van der Waals surface area contributed by atoms with Crippen LogP contribution in [-0.4, -0.2) is 18.9 Å². The SMILES string of the molecule is O=C(NCC(F)F)[C@H](Nc1cc2c(cc1Br)CNC2)c1cc(Cl)cc(C2CC2)c1. The fourth-order valence-electron chi connectivity index (χ4n) is 3.62. The van der Waals surface area contributed by atoms with Gasteiger partial charge in [0.1, 0.15) is 6.04 Å². The molecule has 1 saturated carbocycles. The van der Waals surface area contributed by atoms with E-state index in [4.69, 9.17) is 11.6 Å². The maximum Gasteiger partial charge on any atom is 0.255 e. The van der Waals surface area contributed by atoms with Crippen LogP contribution in [-0.2, 0) is 17.9 Å². The second kappa shape index (κ2) is 8.58. The van der Waals surface area contributed by atoms with Crippen LogP contribution in [0.2, 0.25) is 5.02 Å². The number of carbonyl (C=O) groups excluding carboxylic acids is 1. The fraction of sp³-hybridized carbons (Fsp3) is 0.381. The molecule has 1 heterocycles. The lowest BCUT2D eigenvalue weighted by molar-refractivity contribution is -0.122. The molecule has 29 heavy (non-hydrogen) atoms. The molecule has 2 aromatic carbocycles. The molecule has 1 aliphatic carbocycles. The molecule has 2 aliphatic rings. The Morgan fingerprint density at radius 3 is 2.59 bits per heavy atom. The molecular formula is C21H21BrClF2N3O. The van der Waals surface area contributed by atoms with E-state index in [2.05, 4.69) is 31.9 Å².